The monoisotopic (exact) mass is 264 g/mol. The van der Waals surface area contributed by atoms with Crippen molar-refractivity contribution < 1.29 is 9.72 Å². The molecule has 1 aromatic heterocycles. The Morgan fingerprint density at radius 3 is 2.53 bits per heavy atom. The zero-order chi connectivity index (χ0) is 13.8. The van der Waals surface area contributed by atoms with Crippen LogP contribution in [0.4, 0.5) is 5.82 Å². The highest BCUT2D eigenvalue weighted by molar-refractivity contribution is 5.94. The predicted molar refractivity (Wildman–Crippen MR) is 68.9 cm³/mol. The molecule has 102 valence electrons. The van der Waals surface area contributed by atoms with Crippen LogP contribution >= 0.6 is 0 Å². The minimum atomic E-state index is -0.575. The fraction of sp³-hybridized carbons (Fsp3) is 0.500. The van der Waals surface area contributed by atoms with Gasteiger partial charge in [-0.25, -0.2) is 0 Å². The van der Waals surface area contributed by atoms with E-state index in [1.807, 2.05) is 0 Å². The van der Waals surface area contributed by atoms with Gasteiger partial charge >= 0.3 is 5.82 Å². The van der Waals surface area contributed by atoms with Crippen molar-refractivity contribution in [2.75, 3.05) is 32.7 Å². The van der Waals surface area contributed by atoms with E-state index in [0.29, 0.717) is 18.7 Å². The van der Waals surface area contributed by atoms with E-state index in [0.717, 1.165) is 19.6 Å². The van der Waals surface area contributed by atoms with Crippen LogP contribution in [-0.2, 0) is 0 Å². The van der Waals surface area contributed by atoms with E-state index in [1.54, 1.807) is 4.90 Å². The summed E-state index contributed by atoms with van der Waals surface area (Å²) in [6, 6.07) is 2.72. The van der Waals surface area contributed by atoms with Crippen LogP contribution in [0.1, 0.15) is 17.3 Å². The predicted octanol–water partition coefficient (Wildman–Crippen LogP) is 0.768. The smallest absolute Gasteiger partial charge is 0.358 e. The molecule has 0 spiro atoms. The quantitative estimate of drug-likeness (QED) is 0.595. The Kier molecular flexibility index (Phi) is 4.06. The summed E-state index contributed by atoms with van der Waals surface area (Å²) in [7, 11) is 0. The lowest BCUT2D eigenvalue weighted by molar-refractivity contribution is -0.389. The molecule has 0 bridgehead atoms. The third kappa shape index (κ3) is 3.05. The van der Waals surface area contributed by atoms with Crippen LogP contribution < -0.4 is 0 Å². The third-order valence-electron chi connectivity index (χ3n) is 3.29. The Morgan fingerprint density at radius 1 is 1.37 bits per heavy atom. The molecule has 0 atom stereocenters. The molecule has 7 heteroatoms. The highest BCUT2D eigenvalue weighted by Crippen LogP contribution is 2.11. The Hall–Kier alpha value is -2.02. The van der Waals surface area contributed by atoms with Gasteiger partial charge in [0.25, 0.3) is 5.91 Å². The molecule has 1 aliphatic rings. The molecule has 1 fully saturated rings. The van der Waals surface area contributed by atoms with E-state index in [1.165, 1.54) is 18.3 Å². The van der Waals surface area contributed by atoms with Gasteiger partial charge in [-0.15, -0.1) is 0 Å². The number of nitrogens with zero attached hydrogens (tertiary/aromatic N) is 4. The second kappa shape index (κ2) is 5.75. The van der Waals surface area contributed by atoms with E-state index in [2.05, 4.69) is 16.8 Å². The highest BCUT2D eigenvalue weighted by Gasteiger charge is 2.22. The van der Waals surface area contributed by atoms with Gasteiger partial charge < -0.3 is 19.9 Å². The minimum absolute atomic E-state index is 0.113. The molecule has 1 aliphatic heterocycles. The molecule has 7 nitrogen and oxygen atoms in total. The molecule has 1 saturated heterocycles. The largest absolute Gasteiger partial charge is 0.363 e. The van der Waals surface area contributed by atoms with Crippen LogP contribution in [0.3, 0.4) is 0 Å². The summed E-state index contributed by atoms with van der Waals surface area (Å²) in [5.41, 5.74) is 0.399. The van der Waals surface area contributed by atoms with Crippen LogP contribution in [-0.4, -0.2) is 58.3 Å². The lowest BCUT2D eigenvalue weighted by atomic mass is 10.2. The Bertz CT molecular complexity index is 466. The molecule has 0 unspecified atom stereocenters. The maximum atomic E-state index is 12.2. The van der Waals surface area contributed by atoms with E-state index >= 15 is 0 Å². The first-order valence-corrected chi connectivity index (χ1v) is 6.24. The molecular weight excluding hydrogens is 248 g/mol. The maximum Gasteiger partial charge on any atom is 0.363 e. The normalized spacial score (nSPS) is 16.4. The minimum Gasteiger partial charge on any atom is -0.358 e. The molecule has 0 radical (unpaired) electrons. The van der Waals surface area contributed by atoms with Crippen LogP contribution in [0.25, 0.3) is 0 Å². The fourth-order valence-corrected chi connectivity index (χ4v) is 2.07. The average Bonchev–Trinajstić information content (AvgIpc) is 2.46. The summed E-state index contributed by atoms with van der Waals surface area (Å²) < 4.78 is 0. The second-order valence-electron chi connectivity index (χ2n) is 4.39. The van der Waals surface area contributed by atoms with Gasteiger partial charge in [-0.2, -0.15) is 0 Å². The van der Waals surface area contributed by atoms with Crippen LogP contribution in [0.5, 0.6) is 0 Å². The number of pyridine rings is 1. The number of hydrogen-bond donors (Lipinski definition) is 0. The van der Waals surface area contributed by atoms with Crippen LogP contribution in [0.15, 0.2) is 18.3 Å². The van der Waals surface area contributed by atoms with Crippen molar-refractivity contribution in [1.82, 2.24) is 14.8 Å². The number of likely N-dealkylation sites (N-methyl/N-ethyl adjacent to an activating group) is 1. The summed E-state index contributed by atoms with van der Waals surface area (Å²) in [6.07, 6.45) is 1.27. The number of hydrogen-bond acceptors (Lipinski definition) is 5. The number of amides is 1. The van der Waals surface area contributed by atoms with Gasteiger partial charge in [0.1, 0.15) is 0 Å². The molecule has 2 heterocycles. The van der Waals surface area contributed by atoms with Gasteiger partial charge in [0.05, 0.1) is 5.56 Å². The standard InChI is InChI=1S/C12H16N4O3/c1-2-14-5-7-15(8-6-14)12(17)10-3-4-11(13-9-10)16(18)19/h3-4,9H,2,5-8H2,1H3. The Balaban J connectivity index is 2.02. The third-order valence-corrected chi connectivity index (χ3v) is 3.29. The number of nitro groups is 1. The summed E-state index contributed by atoms with van der Waals surface area (Å²) >= 11 is 0. The number of piperazine rings is 1. The van der Waals surface area contributed by atoms with Gasteiger partial charge in [0.2, 0.25) is 0 Å². The first-order chi connectivity index (χ1) is 9.11. The lowest BCUT2D eigenvalue weighted by Crippen LogP contribution is -2.48. The Morgan fingerprint density at radius 2 is 2.05 bits per heavy atom. The first kappa shape index (κ1) is 13.4. The molecule has 1 amide bonds. The molecule has 1 aromatic rings. The van der Waals surface area contributed by atoms with E-state index in [4.69, 9.17) is 0 Å². The van der Waals surface area contributed by atoms with Crippen molar-refractivity contribution in [2.24, 2.45) is 0 Å². The van der Waals surface area contributed by atoms with Gasteiger partial charge in [0, 0.05) is 32.2 Å². The molecule has 2 rings (SSSR count). The zero-order valence-electron chi connectivity index (χ0n) is 10.8. The van der Waals surface area contributed by atoms with Crippen molar-refractivity contribution in [3.05, 3.63) is 34.0 Å². The fourth-order valence-electron chi connectivity index (χ4n) is 2.07. The van der Waals surface area contributed by atoms with Gasteiger partial charge in [-0.1, -0.05) is 6.92 Å². The Labute approximate surface area is 111 Å². The zero-order valence-corrected chi connectivity index (χ0v) is 10.8. The molecule has 0 aliphatic carbocycles. The van der Waals surface area contributed by atoms with Crippen LogP contribution in [0.2, 0.25) is 0 Å². The highest BCUT2D eigenvalue weighted by atomic mass is 16.6. The molecular formula is C12H16N4O3. The second-order valence-corrected chi connectivity index (χ2v) is 4.39. The van der Waals surface area contributed by atoms with E-state index in [9.17, 15) is 14.9 Å². The first-order valence-electron chi connectivity index (χ1n) is 6.24. The van der Waals surface area contributed by atoms with Crippen LogP contribution in [0, 0.1) is 10.1 Å². The molecule has 19 heavy (non-hydrogen) atoms. The average molecular weight is 264 g/mol. The van der Waals surface area contributed by atoms with E-state index in [-0.39, 0.29) is 11.7 Å². The van der Waals surface area contributed by atoms with Gasteiger partial charge in [0.15, 0.2) is 6.20 Å². The number of carbonyl (C=O) groups is 1. The van der Waals surface area contributed by atoms with Crippen molar-refractivity contribution in [3.8, 4) is 0 Å². The van der Waals surface area contributed by atoms with Gasteiger partial charge in [-0.3, -0.25) is 4.79 Å². The van der Waals surface area contributed by atoms with Crippen molar-refractivity contribution >= 4 is 11.7 Å². The maximum absolute atomic E-state index is 12.2. The summed E-state index contributed by atoms with van der Waals surface area (Å²) in [5, 5.41) is 10.5. The van der Waals surface area contributed by atoms with E-state index < -0.39 is 4.92 Å². The molecule has 0 N–H and O–H groups in total. The lowest BCUT2D eigenvalue weighted by Gasteiger charge is -2.33. The van der Waals surface area contributed by atoms with Crippen molar-refractivity contribution in [3.63, 3.8) is 0 Å². The van der Waals surface area contributed by atoms with Crippen molar-refractivity contribution in [2.45, 2.75) is 6.92 Å². The number of carbonyl (C=O) groups excluding carboxylic acids is 1. The summed E-state index contributed by atoms with van der Waals surface area (Å²) in [5.74, 6) is -0.356. The SMILES string of the molecule is CCN1CCN(C(=O)c2ccc([N+](=O)[O-])nc2)CC1. The van der Waals surface area contributed by atoms with Gasteiger partial charge in [-0.05, 0) is 22.5 Å². The molecule has 0 aromatic carbocycles. The number of rotatable bonds is 3. The summed E-state index contributed by atoms with van der Waals surface area (Å²) in [6.45, 7) is 6.18. The summed E-state index contributed by atoms with van der Waals surface area (Å²) in [4.78, 5) is 29.8. The molecule has 0 saturated carbocycles. The van der Waals surface area contributed by atoms with Crippen molar-refractivity contribution in [1.29, 1.82) is 0 Å². The number of aromatic nitrogens is 1. The topological polar surface area (TPSA) is 79.6 Å².